The molecule has 88 valence electrons. The fourth-order valence-electron chi connectivity index (χ4n) is 1.13. The van der Waals surface area contributed by atoms with E-state index in [4.69, 9.17) is 10.4 Å². The van der Waals surface area contributed by atoms with Gasteiger partial charge in [-0.15, -0.1) is 0 Å². The third-order valence-electron chi connectivity index (χ3n) is 1.91. The first-order valence-electron chi connectivity index (χ1n) is 4.16. The van der Waals surface area contributed by atoms with Gasteiger partial charge in [-0.05, 0) is 18.2 Å². The number of carbonyl (C=O) groups excluding carboxylic acids is 1. The van der Waals surface area contributed by atoms with Gasteiger partial charge < -0.3 is 5.11 Å². The van der Waals surface area contributed by atoms with Crippen molar-refractivity contribution in [3.05, 3.63) is 34.9 Å². The number of halogens is 3. The minimum Gasteiger partial charge on any atom is -0.475 e. The predicted octanol–water partition coefficient (Wildman–Crippen LogP) is 1.84. The maximum atomic E-state index is 12.3. The topological polar surface area (TPSA) is 78.2 Å². The van der Waals surface area contributed by atoms with Crippen LogP contribution in [0.15, 0.2) is 18.2 Å². The zero-order chi connectivity index (χ0) is 13.2. The number of nitriles is 1. The molecule has 0 bridgehead atoms. The van der Waals surface area contributed by atoms with Gasteiger partial charge in [0.2, 0.25) is 0 Å². The van der Waals surface area contributed by atoms with Crippen LogP contribution in [0, 0.1) is 11.3 Å². The van der Waals surface area contributed by atoms with Gasteiger partial charge >= 0.3 is 12.1 Å². The number of benzene rings is 1. The lowest BCUT2D eigenvalue weighted by Crippen LogP contribution is -2.15. The van der Waals surface area contributed by atoms with Crippen molar-refractivity contribution in [3.63, 3.8) is 0 Å². The summed E-state index contributed by atoms with van der Waals surface area (Å²) in [6, 6.07) is 3.03. The molecule has 0 saturated carbocycles. The molecule has 0 radical (unpaired) electrons. The van der Waals surface area contributed by atoms with Crippen LogP contribution in [-0.2, 0) is 11.0 Å². The molecule has 0 unspecified atom stereocenters. The molecule has 0 spiro atoms. The maximum absolute atomic E-state index is 12.3. The molecule has 1 aromatic rings. The number of rotatable bonds is 2. The largest absolute Gasteiger partial charge is 0.475 e. The van der Waals surface area contributed by atoms with Gasteiger partial charge in [-0.3, -0.25) is 4.79 Å². The number of carbonyl (C=O) groups is 2. The van der Waals surface area contributed by atoms with E-state index in [1.165, 1.54) is 6.07 Å². The molecule has 0 heterocycles. The molecule has 1 aromatic carbocycles. The second-order valence-electron chi connectivity index (χ2n) is 3.00. The summed E-state index contributed by atoms with van der Waals surface area (Å²) in [5.74, 6) is -3.25. The Hall–Kier alpha value is -2.36. The van der Waals surface area contributed by atoms with Crippen LogP contribution in [0.5, 0.6) is 0 Å². The number of alkyl halides is 3. The van der Waals surface area contributed by atoms with E-state index in [0.29, 0.717) is 18.2 Å². The molecule has 0 atom stereocenters. The van der Waals surface area contributed by atoms with Gasteiger partial charge in [-0.2, -0.15) is 18.4 Å². The monoisotopic (exact) mass is 243 g/mol. The maximum Gasteiger partial charge on any atom is 0.416 e. The van der Waals surface area contributed by atoms with Crippen LogP contribution in [0.1, 0.15) is 21.5 Å². The van der Waals surface area contributed by atoms with E-state index in [1.54, 1.807) is 0 Å². The van der Waals surface area contributed by atoms with Gasteiger partial charge in [0.05, 0.1) is 17.2 Å². The molecule has 0 saturated heterocycles. The minimum atomic E-state index is -4.66. The minimum absolute atomic E-state index is 0.441. The summed E-state index contributed by atoms with van der Waals surface area (Å²) in [7, 11) is 0. The van der Waals surface area contributed by atoms with E-state index in [-0.39, 0.29) is 0 Å². The molecule has 4 nitrogen and oxygen atoms in total. The van der Waals surface area contributed by atoms with E-state index in [2.05, 4.69) is 0 Å². The quantitative estimate of drug-likeness (QED) is 0.635. The van der Waals surface area contributed by atoms with Crippen molar-refractivity contribution < 1.29 is 27.9 Å². The summed E-state index contributed by atoms with van der Waals surface area (Å²) in [5, 5.41) is 17.0. The summed E-state index contributed by atoms with van der Waals surface area (Å²) in [6.45, 7) is 0. The van der Waals surface area contributed by atoms with Crippen molar-refractivity contribution in [2.45, 2.75) is 6.18 Å². The van der Waals surface area contributed by atoms with Gasteiger partial charge in [0.25, 0.3) is 5.78 Å². The van der Waals surface area contributed by atoms with Crippen LogP contribution in [0.4, 0.5) is 13.2 Å². The van der Waals surface area contributed by atoms with E-state index in [1.807, 2.05) is 0 Å². The fraction of sp³-hybridized carbons (Fsp3) is 0.100. The molecular weight excluding hydrogens is 239 g/mol. The number of nitrogens with zero attached hydrogens (tertiary/aromatic N) is 1. The Balaban J connectivity index is 3.35. The Labute approximate surface area is 92.9 Å². The standard InChI is InChI=1S/C10H4F3NO3/c11-10(12,13)6-1-2-7(5(3-6)4-14)8(15)9(16)17/h1-3H,(H,16,17). The number of hydrogen-bond donors (Lipinski definition) is 1. The number of carboxylic acids is 1. The highest BCUT2D eigenvalue weighted by molar-refractivity contribution is 6.40. The van der Waals surface area contributed by atoms with Crippen molar-refractivity contribution in [1.29, 1.82) is 5.26 Å². The Morgan fingerprint density at radius 3 is 2.29 bits per heavy atom. The number of carboxylic acid groups (broad SMARTS) is 1. The summed E-state index contributed by atoms with van der Waals surface area (Å²) in [5.41, 5.74) is -2.30. The lowest BCUT2D eigenvalue weighted by atomic mass is 10.0. The van der Waals surface area contributed by atoms with Crippen LogP contribution in [0.25, 0.3) is 0 Å². The molecule has 0 aromatic heterocycles. The van der Waals surface area contributed by atoms with E-state index < -0.39 is 34.6 Å². The van der Waals surface area contributed by atoms with Gasteiger partial charge in [0.1, 0.15) is 0 Å². The van der Waals surface area contributed by atoms with Gasteiger partial charge in [0.15, 0.2) is 0 Å². The summed E-state index contributed by atoms with van der Waals surface area (Å²) in [6.07, 6.45) is -4.66. The van der Waals surface area contributed by atoms with Crippen LogP contribution < -0.4 is 0 Å². The number of Topliss-reactive ketones (excluding diaryl/α,β-unsaturated/α-hetero) is 1. The first kappa shape index (κ1) is 12.7. The first-order valence-corrected chi connectivity index (χ1v) is 4.16. The average molecular weight is 243 g/mol. The lowest BCUT2D eigenvalue weighted by Gasteiger charge is -2.07. The second kappa shape index (κ2) is 4.25. The molecule has 0 aliphatic heterocycles. The molecule has 7 heteroatoms. The van der Waals surface area contributed by atoms with E-state index in [9.17, 15) is 22.8 Å². The van der Waals surface area contributed by atoms with E-state index in [0.717, 1.165) is 0 Å². The zero-order valence-corrected chi connectivity index (χ0v) is 8.08. The van der Waals surface area contributed by atoms with Crippen LogP contribution in [0.3, 0.4) is 0 Å². The Morgan fingerprint density at radius 1 is 1.29 bits per heavy atom. The summed E-state index contributed by atoms with van der Waals surface area (Å²) in [4.78, 5) is 21.4. The Bertz CT molecular complexity index is 529. The highest BCUT2D eigenvalue weighted by Crippen LogP contribution is 2.30. The Kier molecular flexibility index (Phi) is 3.18. The van der Waals surface area contributed by atoms with Crippen LogP contribution in [-0.4, -0.2) is 16.9 Å². The second-order valence-corrected chi connectivity index (χ2v) is 3.00. The highest BCUT2D eigenvalue weighted by Gasteiger charge is 2.32. The van der Waals surface area contributed by atoms with Crippen molar-refractivity contribution in [1.82, 2.24) is 0 Å². The predicted molar refractivity (Wildman–Crippen MR) is 48.1 cm³/mol. The normalized spacial score (nSPS) is 10.7. The average Bonchev–Trinajstić information content (AvgIpc) is 2.25. The van der Waals surface area contributed by atoms with Gasteiger partial charge in [0, 0.05) is 5.56 Å². The van der Waals surface area contributed by atoms with Gasteiger partial charge in [-0.25, -0.2) is 4.79 Å². The highest BCUT2D eigenvalue weighted by atomic mass is 19.4. The Morgan fingerprint density at radius 2 is 1.88 bits per heavy atom. The molecular formula is C10H4F3NO3. The molecule has 0 amide bonds. The van der Waals surface area contributed by atoms with Gasteiger partial charge in [-0.1, -0.05) is 0 Å². The third-order valence-corrected chi connectivity index (χ3v) is 1.91. The summed E-state index contributed by atoms with van der Waals surface area (Å²) < 4.78 is 36.9. The smallest absolute Gasteiger partial charge is 0.416 e. The molecule has 1 rings (SSSR count). The third kappa shape index (κ3) is 2.60. The number of aliphatic carboxylic acids is 1. The molecule has 0 aliphatic carbocycles. The molecule has 17 heavy (non-hydrogen) atoms. The fourth-order valence-corrected chi connectivity index (χ4v) is 1.13. The van der Waals surface area contributed by atoms with Crippen molar-refractivity contribution in [3.8, 4) is 6.07 Å². The molecule has 0 fully saturated rings. The molecule has 1 N–H and O–H groups in total. The van der Waals surface area contributed by atoms with Crippen molar-refractivity contribution in [2.24, 2.45) is 0 Å². The van der Waals surface area contributed by atoms with E-state index >= 15 is 0 Å². The number of ketones is 1. The van der Waals surface area contributed by atoms with Crippen molar-refractivity contribution in [2.75, 3.05) is 0 Å². The SMILES string of the molecule is N#Cc1cc(C(F)(F)F)ccc1C(=O)C(=O)O. The zero-order valence-electron chi connectivity index (χ0n) is 8.08. The first-order chi connectivity index (χ1) is 7.77. The van der Waals surface area contributed by atoms with Crippen LogP contribution >= 0.6 is 0 Å². The molecule has 0 aliphatic rings. The van der Waals surface area contributed by atoms with Crippen molar-refractivity contribution >= 4 is 11.8 Å². The number of hydrogen-bond acceptors (Lipinski definition) is 3. The van der Waals surface area contributed by atoms with Crippen LogP contribution in [0.2, 0.25) is 0 Å². The summed E-state index contributed by atoms with van der Waals surface area (Å²) >= 11 is 0. The lowest BCUT2D eigenvalue weighted by molar-refractivity contribution is -0.137.